The maximum Gasteiger partial charge on any atom is 0.333 e. The first-order valence-electron chi connectivity index (χ1n) is 11.4. The maximum absolute atomic E-state index is 11.7. The summed E-state index contributed by atoms with van der Waals surface area (Å²) in [6.07, 6.45) is 4.08. The number of hydrogen-bond acceptors (Lipinski definition) is 8. The highest BCUT2D eigenvalue weighted by molar-refractivity contribution is 5.87. The molecule has 2 N–H and O–H groups in total. The third kappa shape index (κ3) is 6.66. The van der Waals surface area contributed by atoms with Crippen LogP contribution in [-0.4, -0.2) is 56.5 Å². The van der Waals surface area contributed by atoms with Gasteiger partial charge in [-0.3, -0.25) is 0 Å². The Bertz CT molecular complexity index is 1160. The Morgan fingerprint density at radius 3 is 2.29 bits per heavy atom. The lowest BCUT2D eigenvalue weighted by molar-refractivity contribution is -0.142. The normalized spacial score (nSPS) is 18.4. The van der Waals surface area contributed by atoms with Gasteiger partial charge in [0, 0.05) is 17.6 Å². The van der Waals surface area contributed by atoms with Crippen LogP contribution in [0.3, 0.4) is 0 Å². The van der Waals surface area contributed by atoms with Gasteiger partial charge in [0.2, 0.25) is 0 Å². The van der Waals surface area contributed by atoms with Gasteiger partial charge < -0.3 is 19.7 Å². The minimum Gasteiger partial charge on any atom is -0.510 e. The highest BCUT2D eigenvalue weighted by Crippen LogP contribution is 2.42. The molecular weight excluding hydrogens is 450 g/mol. The Morgan fingerprint density at radius 1 is 1.11 bits per heavy atom. The molecule has 2 unspecified atom stereocenters. The molecule has 1 aromatic carbocycles. The van der Waals surface area contributed by atoms with Crippen molar-refractivity contribution in [3.8, 4) is 0 Å². The van der Waals surface area contributed by atoms with Crippen molar-refractivity contribution in [3.05, 3.63) is 66.5 Å². The molecule has 0 aliphatic heterocycles. The lowest BCUT2D eigenvalue weighted by Crippen LogP contribution is -2.31. The molecule has 0 radical (unpaired) electrons. The van der Waals surface area contributed by atoms with E-state index in [0.29, 0.717) is 35.1 Å². The largest absolute Gasteiger partial charge is 0.510 e. The molecule has 35 heavy (non-hydrogen) atoms. The molecule has 1 aliphatic rings. The quantitative estimate of drug-likeness (QED) is 0.282. The molecule has 186 valence electrons. The Labute approximate surface area is 204 Å². The van der Waals surface area contributed by atoms with Gasteiger partial charge in [-0.05, 0) is 56.7 Å². The van der Waals surface area contributed by atoms with E-state index >= 15 is 0 Å². The number of aliphatic hydroxyl groups excluding tert-OH is 2. The van der Waals surface area contributed by atoms with Crippen molar-refractivity contribution in [2.75, 3.05) is 13.2 Å². The van der Waals surface area contributed by atoms with Crippen LogP contribution in [0.15, 0.2) is 66.5 Å². The number of aromatic nitrogens is 3. The van der Waals surface area contributed by atoms with Gasteiger partial charge in [0.1, 0.15) is 29.1 Å². The summed E-state index contributed by atoms with van der Waals surface area (Å²) in [5.41, 5.74) is 1.74. The molecule has 2 atom stereocenters. The van der Waals surface area contributed by atoms with E-state index in [0.717, 1.165) is 0 Å². The first kappa shape index (κ1) is 25.9. The van der Waals surface area contributed by atoms with Crippen LogP contribution in [0.4, 0.5) is 0 Å². The van der Waals surface area contributed by atoms with E-state index in [4.69, 9.17) is 9.47 Å². The lowest BCUT2D eigenvalue weighted by Gasteiger charge is -2.35. The van der Waals surface area contributed by atoms with Crippen molar-refractivity contribution >= 4 is 28.7 Å². The van der Waals surface area contributed by atoms with E-state index in [9.17, 15) is 19.8 Å². The van der Waals surface area contributed by atoms with Crippen LogP contribution in [0.2, 0.25) is 0 Å². The Hall–Kier alpha value is -3.72. The fourth-order valence-corrected chi connectivity index (χ4v) is 3.93. The lowest BCUT2D eigenvalue weighted by atomic mass is 9.72. The predicted molar refractivity (Wildman–Crippen MR) is 131 cm³/mol. The van der Waals surface area contributed by atoms with Crippen LogP contribution >= 0.6 is 0 Å². The summed E-state index contributed by atoms with van der Waals surface area (Å²) in [6, 6.07) is 7.39. The Balaban J connectivity index is 1.75. The fraction of sp³-hybridized carbons (Fsp3) is 0.385. The van der Waals surface area contributed by atoms with Crippen molar-refractivity contribution in [2.45, 2.75) is 45.6 Å². The van der Waals surface area contributed by atoms with Crippen LogP contribution in [0.25, 0.3) is 16.7 Å². The summed E-state index contributed by atoms with van der Waals surface area (Å²) in [6.45, 7) is 10.2. The number of aliphatic hydroxyl groups is 2. The van der Waals surface area contributed by atoms with Gasteiger partial charge in [-0.15, -0.1) is 15.0 Å². The smallest absolute Gasteiger partial charge is 0.333 e. The molecular formula is C26H31N3O6. The standard InChI is InChI=1S/C26H31N3O6/c1-17(2)24(32)34-13-7-11-26(14-19(30)16-35-25(33)18(3)4)12-10-22(23(31)15-26)29-27-20-8-5-6-9-21(20)28-29/h5-6,8-10,12,19,30-31H,1,3,7,11,13-16H2,2,4H3. The fourth-order valence-electron chi connectivity index (χ4n) is 3.93. The number of fused-ring (bicyclic) bond motifs is 1. The van der Waals surface area contributed by atoms with E-state index in [2.05, 4.69) is 23.4 Å². The molecule has 0 bridgehead atoms. The molecule has 0 saturated heterocycles. The zero-order valence-electron chi connectivity index (χ0n) is 20.1. The molecule has 3 rings (SSSR count). The maximum atomic E-state index is 11.7. The molecule has 1 aliphatic carbocycles. The van der Waals surface area contributed by atoms with Crippen LogP contribution in [0.1, 0.15) is 39.5 Å². The zero-order valence-corrected chi connectivity index (χ0v) is 20.1. The van der Waals surface area contributed by atoms with Crippen LogP contribution < -0.4 is 0 Å². The zero-order chi connectivity index (χ0) is 25.6. The summed E-state index contributed by atoms with van der Waals surface area (Å²) in [5, 5.41) is 30.4. The number of ether oxygens (including phenoxy) is 2. The third-order valence-corrected chi connectivity index (χ3v) is 5.71. The molecule has 0 amide bonds. The average molecular weight is 482 g/mol. The third-order valence-electron chi connectivity index (χ3n) is 5.71. The first-order valence-corrected chi connectivity index (χ1v) is 11.4. The predicted octanol–water partition coefficient (Wildman–Crippen LogP) is 3.87. The number of allylic oxidation sites excluding steroid dienone is 4. The van der Waals surface area contributed by atoms with Gasteiger partial charge in [0.05, 0.1) is 12.7 Å². The molecule has 9 heteroatoms. The molecule has 1 heterocycles. The highest BCUT2D eigenvalue weighted by atomic mass is 16.5. The van der Waals surface area contributed by atoms with Crippen molar-refractivity contribution in [3.63, 3.8) is 0 Å². The van der Waals surface area contributed by atoms with Crippen LogP contribution in [0, 0.1) is 5.41 Å². The highest BCUT2D eigenvalue weighted by Gasteiger charge is 2.35. The number of esters is 2. The van der Waals surface area contributed by atoms with Gasteiger partial charge in [-0.25, -0.2) is 9.59 Å². The minimum absolute atomic E-state index is 0.0675. The number of hydrogen-bond donors (Lipinski definition) is 2. The van der Waals surface area contributed by atoms with E-state index in [1.165, 1.54) is 11.7 Å². The number of rotatable bonds is 11. The molecule has 0 spiro atoms. The van der Waals surface area contributed by atoms with Crippen molar-refractivity contribution < 1.29 is 29.3 Å². The molecule has 2 aromatic rings. The number of carbonyl (C=O) groups is 2. The van der Waals surface area contributed by atoms with E-state index < -0.39 is 23.5 Å². The second-order valence-electron chi connectivity index (χ2n) is 8.94. The number of carbonyl (C=O) groups excluding carboxylic acids is 2. The average Bonchev–Trinajstić information content (AvgIpc) is 3.24. The van der Waals surface area contributed by atoms with Gasteiger partial charge in [0.15, 0.2) is 0 Å². The summed E-state index contributed by atoms with van der Waals surface area (Å²) < 4.78 is 10.3. The van der Waals surface area contributed by atoms with Gasteiger partial charge in [-0.2, -0.15) is 0 Å². The molecule has 0 saturated carbocycles. The van der Waals surface area contributed by atoms with E-state index in [1.807, 2.05) is 30.3 Å². The van der Waals surface area contributed by atoms with E-state index in [1.54, 1.807) is 13.0 Å². The van der Waals surface area contributed by atoms with Crippen molar-refractivity contribution in [1.82, 2.24) is 15.0 Å². The Kier molecular flexibility index (Phi) is 8.24. The van der Waals surface area contributed by atoms with Gasteiger partial charge in [0.25, 0.3) is 0 Å². The van der Waals surface area contributed by atoms with E-state index in [-0.39, 0.29) is 37.4 Å². The van der Waals surface area contributed by atoms with Crippen molar-refractivity contribution in [2.24, 2.45) is 5.41 Å². The number of nitrogens with zero attached hydrogens (tertiary/aromatic N) is 3. The van der Waals surface area contributed by atoms with Crippen LogP contribution in [0.5, 0.6) is 0 Å². The monoisotopic (exact) mass is 481 g/mol. The summed E-state index contributed by atoms with van der Waals surface area (Å²) in [7, 11) is 0. The summed E-state index contributed by atoms with van der Waals surface area (Å²) >= 11 is 0. The van der Waals surface area contributed by atoms with Crippen LogP contribution in [-0.2, 0) is 19.1 Å². The summed E-state index contributed by atoms with van der Waals surface area (Å²) in [5.74, 6) is -0.976. The molecule has 0 fully saturated rings. The molecule has 1 aromatic heterocycles. The second-order valence-corrected chi connectivity index (χ2v) is 8.94. The Morgan fingerprint density at radius 2 is 1.71 bits per heavy atom. The number of benzene rings is 1. The van der Waals surface area contributed by atoms with Gasteiger partial charge >= 0.3 is 11.9 Å². The topological polar surface area (TPSA) is 124 Å². The first-order chi connectivity index (χ1) is 16.6. The molecule has 9 nitrogen and oxygen atoms in total. The van der Waals surface area contributed by atoms with Gasteiger partial charge in [-0.1, -0.05) is 31.4 Å². The summed E-state index contributed by atoms with van der Waals surface area (Å²) in [4.78, 5) is 24.8. The minimum atomic E-state index is -0.972. The second kappa shape index (κ2) is 11.1. The van der Waals surface area contributed by atoms with Crippen molar-refractivity contribution in [1.29, 1.82) is 0 Å². The SMILES string of the molecule is C=C(C)C(=O)OCCCC1(CC(O)COC(=O)C(=C)C)C=CC(n2nc3ccccc3n2)=C(O)C1.